The molecule has 2 aromatic heterocycles. The van der Waals surface area contributed by atoms with Gasteiger partial charge in [-0.05, 0) is 55.7 Å². The quantitative estimate of drug-likeness (QED) is 0.449. The van der Waals surface area contributed by atoms with E-state index in [4.69, 9.17) is 0 Å². The zero-order chi connectivity index (χ0) is 22.8. The Hall–Kier alpha value is -3.29. The Balaban J connectivity index is 1.89. The molecule has 2 heterocycles. The van der Waals surface area contributed by atoms with Crippen molar-refractivity contribution in [3.8, 4) is 11.8 Å². The molecule has 0 saturated heterocycles. The van der Waals surface area contributed by atoms with Gasteiger partial charge in [-0.1, -0.05) is 19.1 Å². The summed E-state index contributed by atoms with van der Waals surface area (Å²) in [5, 5.41) is 11.6. The number of nitrogens with one attached hydrogen (secondary N) is 1. The molecule has 160 valence electrons. The van der Waals surface area contributed by atoms with Crippen LogP contribution in [0.2, 0.25) is 0 Å². The van der Waals surface area contributed by atoms with E-state index in [0.717, 1.165) is 46.8 Å². The van der Waals surface area contributed by atoms with Crippen LogP contribution in [0.4, 0.5) is 5.13 Å². The predicted octanol–water partition coefficient (Wildman–Crippen LogP) is 3.46. The third-order valence-corrected chi connectivity index (χ3v) is 6.29. The zero-order valence-corrected chi connectivity index (χ0v) is 19.1. The van der Waals surface area contributed by atoms with E-state index in [1.165, 1.54) is 11.6 Å². The summed E-state index contributed by atoms with van der Waals surface area (Å²) in [6, 6.07) is 12.0. The van der Waals surface area contributed by atoms with Crippen molar-refractivity contribution in [2.75, 3.05) is 11.6 Å². The van der Waals surface area contributed by atoms with Gasteiger partial charge < -0.3 is 4.57 Å². The van der Waals surface area contributed by atoms with Gasteiger partial charge in [0.15, 0.2) is 0 Å². The second-order valence-electron chi connectivity index (χ2n) is 6.96. The highest BCUT2D eigenvalue weighted by atomic mass is 32.2. The minimum atomic E-state index is -3.58. The number of carbonyl (C=O) groups is 1. The van der Waals surface area contributed by atoms with Crippen molar-refractivity contribution in [2.24, 2.45) is 0 Å². The summed E-state index contributed by atoms with van der Waals surface area (Å²) in [7, 11) is -3.58. The lowest BCUT2D eigenvalue weighted by molar-refractivity contribution is -0.112. The number of benzene rings is 1. The van der Waals surface area contributed by atoms with Gasteiger partial charge in [0.25, 0.3) is 11.1 Å². The number of anilines is 1. The van der Waals surface area contributed by atoms with E-state index in [2.05, 4.69) is 38.3 Å². The molecular formula is C21H21N5O3S2. The molecule has 0 saturated carbocycles. The number of nitrogens with zero attached hydrogens (tertiary/aromatic N) is 4. The Kier molecular flexibility index (Phi) is 6.38. The van der Waals surface area contributed by atoms with Crippen LogP contribution in [0.5, 0.6) is 0 Å². The molecular weight excluding hydrogens is 434 g/mol. The average Bonchev–Trinajstić information content (AvgIpc) is 3.30. The van der Waals surface area contributed by atoms with Crippen molar-refractivity contribution in [1.29, 1.82) is 5.26 Å². The van der Waals surface area contributed by atoms with E-state index in [9.17, 15) is 18.5 Å². The van der Waals surface area contributed by atoms with Crippen LogP contribution in [-0.2, 0) is 21.1 Å². The molecule has 0 fully saturated rings. The third-order valence-electron chi connectivity index (χ3n) is 4.70. The number of nitriles is 1. The van der Waals surface area contributed by atoms with Gasteiger partial charge in [0.05, 0.1) is 0 Å². The summed E-state index contributed by atoms with van der Waals surface area (Å²) in [6.45, 7) is 5.98. The highest BCUT2D eigenvalue weighted by molar-refractivity contribution is 7.90. The van der Waals surface area contributed by atoms with Crippen LogP contribution in [0.15, 0.2) is 41.1 Å². The molecule has 1 amide bonds. The van der Waals surface area contributed by atoms with Gasteiger partial charge in [0.1, 0.15) is 11.6 Å². The van der Waals surface area contributed by atoms with E-state index >= 15 is 0 Å². The predicted molar refractivity (Wildman–Crippen MR) is 120 cm³/mol. The average molecular weight is 456 g/mol. The molecule has 0 atom stereocenters. The maximum absolute atomic E-state index is 12.5. The summed E-state index contributed by atoms with van der Waals surface area (Å²) in [5.41, 5.74) is 4.70. The number of aryl methyl sites for hydroxylation is 2. The Morgan fingerprint density at radius 3 is 2.52 bits per heavy atom. The Morgan fingerprint density at radius 2 is 1.97 bits per heavy atom. The number of aromatic nitrogens is 3. The van der Waals surface area contributed by atoms with Crippen molar-refractivity contribution in [3.63, 3.8) is 0 Å². The topological polar surface area (TPSA) is 118 Å². The number of sulfone groups is 1. The highest BCUT2D eigenvalue weighted by Gasteiger charge is 2.18. The molecule has 3 aromatic rings. The van der Waals surface area contributed by atoms with Gasteiger partial charge in [-0.2, -0.15) is 14.6 Å². The first-order valence-corrected chi connectivity index (χ1v) is 12.1. The lowest BCUT2D eigenvalue weighted by Crippen LogP contribution is -2.13. The fourth-order valence-corrected chi connectivity index (χ4v) is 4.53. The fraction of sp³-hybridized carbons (Fsp3) is 0.238. The Bertz CT molecular complexity index is 1310. The molecule has 0 aliphatic rings. The molecule has 31 heavy (non-hydrogen) atoms. The van der Waals surface area contributed by atoms with Crippen molar-refractivity contribution in [3.05, 3.63) is 58.4 Å². The van der Waals surface area contributed by atoms with E-state index in [0.29, 0.717) is 0 Å². The van der Waals surface area contributed by atoms with Crippen LogP contribution in [0.25, 0.3) is 11.8 Å². The van der Waals surface area contributed by atoms with Crippen molar-refractivity contribution >= 4 is 38.5 Å². The van der Waals surface area contributed by atoms with Crippen LogP contribution in [0.1, 0.15) is 29.4 Å². The van der Waals surface area contributed by atoms with E-state index < -0.39 is 15.7 Å². The first kappa shape index (κ1) is 22.4. The van der Waals surface area contributed by atoms with Crippen LogP contribution in [0.3, 0.4) is 0 Å². The SMILES string of the molecule is CCc1ccc(-n2c(C)cc(/C=C(/C#N)C(=O)Nc3nc(S(C)(=O)=O)ns3)c2C)cc1. The highest BCUT2D eigenvalue weighted by Crippen LogP contribution is 2.24. The van der Waals surface area contributed by atoms with Gasteiger partial charge in [0.2, 0.25) is 15.0 Å². The molecule has 0 unspecified atom stereocenters. The molecule has 8 nitrogen and oxygen atoms in total. The first-order valence-electron chi connectivity index (χ1n) is 9.39. The van der Waals surface area contributed by atoms with Gasteiger partial charge in [-0.15, -0.1) is 0 Å². The van der Waals surface area contributed by atoms with Crippen LogP contribution < -0.4 is 5.32 Å². The first-order chi connectivity index (χ1) is 14.6. The van der Waals surface area contributed by atoms with E-state index in [1.807, 2.05) is 38.1 Å². The number of rotatable bonds is 6. The van der Waals surface area contributed by atoms with E-state index in [-0.39, 0.29) is 15.9 Å². The minimum absolute atomic E-state index is 0.00746. The number of carbonyl (C=O) groups excluding carboxylic acids is 1. The van der Waals surface area contributed by atoms with Crippen molar-refractivity contribution in [2.45, 2.75) is 32.3 Å². The van der Waals surface area contributed by atoms with Crippen molar-refractivity contribution < 1.29 is 13.2 Å². The molecule has 3 rings (SSSR count). The lowest BCUT2D eigenvalue weighted by Gasteiger charge is -2.10. The molecule has 0 aliphatic carbocycles. The summed E-state index contributed by atoms with van der Waals surface area (Å²) >= 11 is 0.736. The van der Waals surface area contributed by atoms with Crippen molar-refractivity contribution in [1.82, 2.24) is 13.9 Å². The van der Waals surface area contributed by atoms with Gasteiger partial charge in [-0.25, -0.2) is 8.42 Å². The normalized spacial score (nSPS) is 11.9. The molecule has 0 radical (unpaired) electrons. The molecule has 1 N–H and O–H groups in total. The largest absolute Gasteiger partial charge is 0.318 e. The van der Waals surface area contributed by atoms with Crippen LogP contribution in [0, 0.1) is 25.2 Å². The van der Waals surface area contributed by atoms with E-state index in [1.54, 1.807) is 0 Å². The minimum Gasteiger partial charge on any atom is -0.318 e. The number of hydrogen-bond donors (Lipinski definition) is 1. The Labute approximate surface area is 185 Å². The summed E-state index contributed by atoms with van der Waals surface area (Å²) in [4.78, 5) is 16.3. The zero-order valence-electron chi connectivity index (χ0n) is 17.5. The summed E-state index contributed by atoms with van der Waals surface area (Å²) in [6.07, 6.45) is 3.44. The number of hydrogen-bond acceptors (Lipinski definition) is 7. The molecule has 1 aromatic carbocycles. The standard InChI is InChI=1S/C21H21N5O3S2/c1-5-15-6-8-18(9-7-15)26-13(2)10-16(14(26)3)11-17(12-22)19(27)23-20-24-21(25-30-20)31(4,28)29/h6-11H,5H2,1-4H3,(H,23,24,25,27)/b17-11-. The third kappa shape index (κ3) is 4.90. The van der Waals surface area contributed by atoms with Gasteiger partial charge in [-0.3, -0.25) is 10.1 Å². The maximum atomic E-state index is 12.5. The van der Waals surface area contributed by atoms with Crippen LogP contribution in [-0.4, -0.2) is 34.5 Å². The Morgan fingerprint density at radius 1 is 1.29 bits per heavy atom. The second-order valence-corrected chi connectivity index (χ2v) is 9.62. The number of amides is 1. The molecule has 10 heteroatoms. The monoisotopic (exact) mass is 455 g/mol. The summed E-state index contributed by atoms with van der Waals surface area (Å²) in [5.74, 6) is -0.684. The molecule has 0 bridgehead atoms. The second kappa shape index (κ2) is 8.83. The molecule has 0 spiro atoms. The fourth-order valence-electron chi connectivity index (χ4n) is 3.09. The van der Waals surface area contributed by atoms with Gasteiger partial charge in [0, 0.05) is 34.9 Å². The smallest absolute Gasteiger partial charge is 0.268 e. The summed E-state index contributed by atoms with van der Waals surface area (Å²) < 4.78 is 28.7. The lowest BCUT2D eigenvalue weighted by atomic mass is 10.1. The van der Waals surface area contributed by atoms with Crippen LogP contribution >= 0.6 is 11.5 Å². The maximum Gasteiger partial charge on any atom is 0.268 e. The molecule has 0 aliphatic heterocycles. The van der Waals surface area contributed by atoms with Gasteiger partial charge >= 0.3 is 0 Å².